The second-order valence-corrected chi connectivity index (χ2v) is 4.73. The first-order chi connectivity index (χ1) is 9.15. The number of anilines is 2. The van der Waals surface area contributed by atoms with Crippen LogP contribution >= 0.6 is 0 Å². The van der Waals surface area contributed by atoms with Crippen LogP contribution in [0.4, 0.5) is 11.5 Å². The third-order valence-electron chi connectivity index (χ3n) is 2.90. The summed E-state index contributed by atoms with van der Waals surface area (Å²) in [5.74, 6) is 0.448. The Labute approximate surface area is 112 Å². The first-order valence-electron chi connectivity index (χ1n) is 6.49. The number of aromatic nitrogens is 1. The number of carbonyl (C=O) groups is 1. The molecule has 0 aliphatic carbocycles. The Balaban J connectivity index is 1.92. The van der Waals surface area contributed by atoms with E-state index in [1.54, 1.807) is 13.1 Å². The molecule has 1 fully saturated rings. The van der Waals surface area contributed by atoms with Crippen molar-refractivity contribution in [3.8, 4) is 0 Å². The van der Waals surface area contributed by atoms with E-state index in [0.29, 0.717) is 12.2 Å². The van der Waals surface area contributed by atoms with Gasteiger partial charge in [0.15, 0.2) is 0 Å². The molecule has 1 saturated heterocycles. The van der Waals surface area contributed by atoms with Crippen LogP contribution < -0.4 is 16.0 Å². The molecule has 0 saturated carbocycles. The number of hydrogen-bond acceptors (Lipinski definition) is 5. The normalized spacial score (nSPS) is 17.1. The van der Waals surface area contributed by atoms with Crippen molar-refractivity contribution in [3.63, 3.8) is 0 Å². The van der Waals surface area contributed by atoms with Crippen LogP contribution in [0, 0.1) is 0 Å². The molecule has 1 aliphatic rings. The summed E-state index contributed by atoms with van der Waals surface area (Å²) in [7, 11) is 0. The number of rotatable bonds is 4. The van der Waals surface area contributed by atoms with Crippen molar-refractivity contribution in [2.75, 3.05) is 36.5 Å². The van der Waals surface area contributed by atoms with Crippen molar-refractivity contribution < 1.29 is 9.53 Å². The lowest BCUT2D eigenvalue weighted by Gasteiger charge is -2.28. The molecular formula is C13H20N4O2. The molecule has 6 nitrogen and oxygen atoms in total. The molecule has 2 rings (SSSR count). The molecule has 0 aromatic carbocycles. The Morgan fingerprint density at radius 2 is 2.26 bits per heavy atom. The maximum Gasteiger partial charge on any atom is 0.227 e. The van der Waals surface area contributed by atoms with Gasteiger partial charge >= 0.3 is 0 Å². The standard InChI is InChI=1S/C13H20N4O2/c1-10(14)8-13(18)16-12-3-2-11(9-15-12)17-4-6-19-7-5-17/h2-3,9-10H,4-8,14H2,1H3,(H,15,16,18). The van der Waals surface area contributed by atoms with Crippen molar-refractivity contribution in [1.29, 1.82) is 0 Å². The summed E-state index contributed by atoms with van der Waals surface area (Å²) >= 11 is 0. The summed E-state index contributed by atoms with van der Waals surface area (Å²) in [6, 6.07) is 3.62. The first kappa shape index (κ1) is 13.8. The molecule has 1 aromatic rings. The lowest BCUT2D eigenvalue weighted by Crippen LogP contribution is -2.36. The Kier molecular flexibility index (Phi) is 4.70. The summed E-state index contributed by atoms with van der Waals surface area (Å²) in [5, 5.41) is 2.73. The van der Waals surface area contributed by atoms with Crippen molar-refractivity contribution in [2.24, 2.45) is 5.73 Å². The van der Waals surface area contributed by atoms with Gasteiger partial charge in [-0.25, -0.2) is 4.98 Å². The first-order valence-corrected chi connectivity index (χ1v) is 6.49. The molecular weight excluding hydrogens is 244 g/mol. The van der Waals surface area contributed by atoms with Gasteiger partial charge in [0.25, 0.3) is 0 Å². The Bertz CT molecular complexity index is 413. The number of hydrogen-bond donors (Lipinski definition) is 2. The molecule has 0 bridgehead atoms. The van der Waals surface area contributed by atoms with Gasteiger partial charge in [-0.2, -0.15) is 0 Å². The smallest absolute Gasteiger partial charge is 0.227 e. The predicted molar refractivity (Wildman–Crippen MR) is 74.2 cm³/mol. The monoisotopic (exact) mass is 264 g/mol. The molecule has 3 N–H and O–H groups in total. The number of carbonyl (C=O) groups excluding carboxylic acids is 1. The van der Waals surface area contributed by atoms with Crippen molar-refractivity contribution in [2.45, 2.75) is 19.4 Å². The van der Waals surface area contributed by atoms with E-state index in [9.17, 15) is 4.79 Å². The average molecular weight is 264 g/mol. The number of morpholine rings is 1. The van der Waals surface area contributed by atoms with Crippen LogP contribution in [0.15, 0.2) is 18.3 Å². The van der Waals surface area contributed by atoms with Gasteiger partial charge in [0.2, 0.25) is 5.91 Å². The predicted octanol–water partition coefficient (Wildman–Crippen LogP) is 0.594. The molecule has 104 valence electrons. The largest absolute Gasteiger partial charge is 0.378 e. The van der Waals surface area contributed by atoms with E-state index >= 15 is 0 Å². The fourth-order valence-electron chi connectivity index (χ4n) is 1.95. The van der Waals surface area contributed by atoms with Crippen LogP contribution in [-0.2, 0) is 9.53 Å². The second kappa shape index (κ2) is 6.49. The van der Waals surface area contributed by atoms with E-state index in [0.717, 1.165) is 32.0 Å². The van der Waals surface area contributed by atoms with Crippen LogP contribution in [-0.4, -0.2) is 43.2 Å². The molecule has 19 heavy (non-hydrogen) atoms. The highest BCUT2D eigenvalue weighted by atomic mass is 16.5. The molecule has 0 radical (unpaired) electrons. The minimum Gasteiger partial charge on any atom is -0.378 e. The zero-order valence-electron chi connectivity index (χ0n) is 11.1. The number of amides is 1. The highest BCUT2D eigenvalue weighted by Gasteiger charge is 2.12. The maximum atomic E-state index is 11.6. The summed E-state index contributed by atoms with van der Waals surface area (Å²) < 4.78 is 5.30. The van der Waals surface area contributed by atoms with E-state index in [1.165, 1.54) is 0 Å². The lowest BCUT2D eigenvalue weighted by atomic mass is 10.2. The van der Waals surface area contributed by atoms with Crippen LogP contribution in [0.3, 0.4) is 0 Å². The van der Waals surface area contributed by atoms with Gasteiger partial charge in [0.1, 0.15) is 5.82 Å². The zero-order valence-corrected chi connectivity index (χ0v) is 11.1. The van der Waals surface area contributed by atoms with Crippen LogP contribution in [0.2, 0.25) is 0 Å². The molecule has 1 aliphatic heterocycles. The molecule has 6 heteroatoms. The topological polar surface area (TPSA) is 80.5 Å². The summed E-state index contributed by atoms with van der Waals surface area (Å²) in [4.78, 5) is 18.0. The Morgan fingerprint density at radius 3 is 2.84 bits per heavy atom. The molecule has 2 heterocycles. The Morgan fingerprint density at radius 1 is 1.53 bits per heavy atom. The van der Waals surface area contributed by atoms with E-state index in [-0.39, 0.29) is 11.9 Å². The van der Waals surface area contributed by atoms with E-state index in [4.69, 9.17) is 10.5 Å². The van der Waals surface area contributed by atoms with Crippen molar-refractivity contribution in [3.05, 3.63) is 18.3 Å². The summed E-state index contributed by atoms with van der Waals surface area (Å²) in [6.45, 7) is 5.03. The van der Waals surface area contributed by atoms with Gasteiger partial charge in [0, 0.05) is 25.6 Å². The van der Waals surface area contributed by atoms with Crippen molar-refractivity contribution >= 4 is 17.4 Å². The SMILES string of the molecule is CC(N)CC(=O)Nc1ccc(N2CCOCC2)cn1. The third-order valence-corrected chi connectivity index (χ3v) is 2.90. The van der Waals surface area contributed by atoms with Crippen LogP contribution in [0.1, 0.15) is 13.3 Å². The van der Waals surface area contributed by atoms with E-state index in [1.807, 2.05) is 12.1 Å². The van der Waals surface area contributed by atoms with Gasteiger partial charge in [-0.1, -0.05) is 0 Å². The minimum absolute atomic E-state index is 0.110. The summed E-state index contributed by atoms with van der Waals surface area (Å²) in [5.41, 5.74) is 6.62. The van der Waals surface area contributed by atoms with Gasteiger partial charge in [-0.3, -0.25) is 4.79 Å². The highest BCUT2D eigenvalue weighted by molar-refractivity contribution is 5.90. The third kappa shape index (κ3) is 4.18. The average Bonchev–Trinajstić information content (AvgIpc) is 2.39. The molecule has 1 unspecified atom stereocenters. The zero-order chi connectivity index (χ0) is 13.7. The van der Waals surface area contributed by atoms with Crippen molar-refractivity contribution in [1.82, 2.24) is 4.98 Å². The lowest BCUT2D eigenvalue weighted by molar-refractivity contribution is -0.116. The quantitative estimate of drug-likeness (QED) is 0.832. The van der Waals surface area contributed by atoms with Crippen LogP contribution in [0.5, 0.6) is 0 Å². The van der Waals surface area contributed by atoms with Gasteiger partial charge in [0.05, 0.1) is 25.1 Å². The van der Waals surface area contributed by atoms with Gasteiger partial charge < -0.3 is 20.7 Å². The molecule has 0 spiro atoms. The minimum atomic E-state index is -0.146. The molecule has 1 amide bonds. The highest BCUT2D eigenvalue weighted by Crippen LogP contribution is 2.16. The summed E-state index contributed by atoms with van der Waals surface area (Å²) in [6.07, 6.45) is 2.07. The molecule has 1 atom stereocenters. The number of nitrogens with two attached hydrogens (primary N) is 1. The van der Waals surface area contributed by atoms with Gasteiger partial charge in [-0.15, -0.1) is 0 Å². The molecule has 1 aromatic heterocycles. The Hall–Kier alpha value is -1.66. The number of nitrogens with one attached hydrogen (secondary N) is 1. The van der Waals surface area contributed by atoms with E-state index < -0.39 is 0 Å². The number of ether oxygens (including phenoxy) is 1. The fraction of sp³-hybridized carbons (Fsp3) is 0.538. The van der Waals surface area contributed by atoms with Crippen LogP contribution in [0.25, 0.3) is 0 Å². The van der Waals surface area contributed by atoms with Gasteiger partial charge in [-0.05, 0) is 19.1 Å². The van der Waals surface area contributed by atoms with E-state index in [2.05, 4.69) is 15.2 Å². The second-order valence-electron chi connectivity index (χ2n) is 4.73. The fourth-order valence-corrected chi connectivity index (χ4v) is 1.95. The number of pyridine rings is 1. The number of nitrogens with zero attached hydrogens (tertiary/aromatic N) is 2. The maximum absolute atomic E-state index is 11.6.